The van der Waals surface area contributed by atoms with Crippen LogP contribution in [-0.2, 0) is 14.3 Å². The van der Waals surface area contributed by atoms with Crippen molar-refractivity contribution in [3.05, 3.63) is 0 Å². The van der Waals surface area contributed by atoms with Gasteiger partial charge in [0.05, 0.1) is 12.7 Å². The van der Waals surface area contributed by atoms with Gasteiger partial charge in [0.2, 0.25) is 5.91 Å². The van der Waals surface area contributed by atoms with E-state index in [1.807, 2.05) is 0 Å². The zero-order valence-corrected chi connectivity index (χ0v) is 17.2. The SMILES string of the molecule is CCN1CCCC1CNC(=NCC(=O)N(C)C)NCCCOC1CCOC1. The topological polar surface area (TPSA) is 78.4 Å². The van der Waals surface area contributed by atoms with Gasteiger partial charge in [0.15, 0.2) is 5.96 Å². The average molecular weight is 384 g/mol. The number of likely N-dealkylation sites (N-methyl/N-ethyl adjacent to an activating group) is 2. The van der Waals surface area contributed by atoms with Crippen molar-refractivity contribution in [3.63, 3.8) is 0 Å². The average Bonchev–Trinajstić information content (AvgIpc) is 3.33. The van der Waals surface area contributed by atoms with Crippen LogP contribution >= 0.6 is 0 Å². The molecular formula is C19H37N5O3. The lowest BCUT2D eigenvalue weighted by molar-refractivity contribution is -0.127. The van der Waals surface area contributed by atoms with Crippen molar-refractivity contribution in [1.82, 2.24) is 20.4 Å². The molecule has 0 aromatic heterocycles. The molecule has 2 rings (SSSR count). The third kappa shape index (κ3) is 8.02. The van der Waals surface area contributed by atoms with E-state index in [0.717, 1.165) is 39.1 Å². The van der Waals surface area contributed by atoms with Crippen LogP contribution in [-0.4, -0.2) is 100 Å². The summed E-state index contributed by atoms with van der Waals surface area (Å²) >= 11 is 0. The smallest absolute Gasteiger partial charge is 0.243 e. The van der Waals surface area contributed by atoms with E-state index in [2.05, 4.69) is 27.4 Å². The van der Waals surface area contributed by atoms with Crippen molar-refractivity contribution < 1.29 is 14.3 Å². The number of aliphatic imine (C=N–C) groups is 1. The van der Waals surface area contributed by atoms with Crippen molar-refractivity contribution in [1.29, 1.82) is 0 Å². The van der Waals surface area contributed by atoms with Crippen LogP contribution < -0.4 is 10.6 Å². The molecule has 2 unspecified atom stereocenters. The number of ether oxygens (including phenoxy) is 2. The summed E-state index contributed by atoms with van der Waals surface area (Å²) in [6.45, 7) is 8.44. The Kier molecular flexibility index (Phi) is 9.86. The molecule has 2 N–H and O–H groups in total. The van der Waals surface area contributed by atoms with E-state index >= 15 is 0 Å². The molecule has 27 heavy (non-hydrogen) atoms. The van der Waals surface area contributed by atoms with Gasteiger partial charge in [-0.25, -0.2) is 4.99 Å². The van der Waals surface area contributed by atoms with Gasteiger partial charge in [0.1, 0.15) is 6.54 Å². The van der Waals surface area contributed by atoms with E-state index in [9.17, 15) is 4.79 Å². The van der Waals surface area contributed by atoms with E-state index in [1.165, 1.54) is 19.4 Å². The van der Waals surface area contributed by atoms with Crippen molar-refractivity contribution >= 4 is 11.9 Å². The maximum atomic E-state index is 11.9. The molecule has 156 valence electrons. The van der Waals surface area contributed by atoms with Crippen LogP contribution in [0.5, 0.6) is 0 Å². The summed E-state index contributed by atoms with van der Waals surface area (Å²) in [6.07, 6.45) is 4.59. The minimum atomic E-state index is -0.00304. The summed E-state index contributed by atoms with van der Waals surface area (Å²) in [5.74, 6) is 0.703. The molecule has 2 fully saturated rings. The Morgan fingerprint density at radius 3 is 2.89 bits per heavy atom. The zero-order chi connectivity index (χ0) is 19.5. The molecule has 2 saturated heterocycles. The van der Waals surface area contributed by atoms with Crippen LogP contribution in [0.2, 0.25) is 0 Å². The highest BCUT2D eigenvalue weighted by molar-refractivity contribution is 5.84. The van der Waals surface area contributed by atoms with E-state index in [1.54, 1.807) is 19.0 Å². The minimum Gasteiger partial charge on any atom is -0.379 e. The third-order valence-electron chi connectivity index (χ3n) is 5.14. The van der Waals surface area contributed by atoms with Gasteiger partial charge in [-0.2, -0.15) is 0 Å². The molecule has 0 aromatic carbocycles. The van der Waals surface area contributed by atoms with Crippen LogP contribution in [0.15, 0.2) is 4.99 Å². The van der Waals surface area contributed by atoms with Crippen LogP contribution in [0.4, 0.5) is 0 Å². The van der Waals surface area contributed by atoms with Crippen molar-refractivity contribution in [3.8, 4) is 0 Å². The first-order chi connectivity index (χ1) is 13.1. The van der Waals surface area contributed by atoms with E-state index in [0.29, 0.717) is 25.2 Å². The Hall–Kier alpha value is -1.38. The number of carbonyl (C=O) groups is 1. The predicted molar refractivity (Wildman–Crippen MR) is 107 cm³/mol. The number of likely N-dealkylation sites (tertiary alicyclic amines) is 1. The predicted octanol–water partition coefficient (Wildman–Crippen LogP) is 0.290. The van der Waals surface area contributed by atoms with Gasteiger partial charge in [-0.15, -0.1) is 0 Å². The lowest BCUT2D eigenvalue weighted by Gasteiger charge is -2.24. The molecule has 2 atom stereocenters. The Balaban J connectivity index is 1.73. The number of hydrogen-bond donors (Lipinski definition) is 2. The number of nitrogens with one attached hydrogen (secondary N) is 2. The summed E-state index contributed by atoms with van der Waals surface area (Å²) in [6, 6.07) is 0.539. The maximum absolute atomic E-state index is 11.9. The molecule has 0 aliphatic carbocycles. The molecule has 0 bridgehead atoms. The zero-order valence-electron chi connectivity index (χ0n) is 17.2. The molecule has 0 saturated carbocycles. The van der Waals surface area contributed by atoms with E-state index in [-0.39, 0.29) is 18.6 Å². The number of rotatable bonds is 10. The first-order valence-corrected chi connectivity index (χ1v) is 10.3. The van der Waals surface area contributed by atoms with Gasteiger partial charge in [0.25, 0.3) is 0 Å². The summed E-state index contributed by atoms with van der Waals surface area (Å²) in [5.41, 5.74) is 0. The Morgan fingerprint density at radius 1 is 1.33 bits per heavy atom. The van der Waals surface area contributed by atoms with E-state index < -0.39 is 0 Å². The quantitative estimate of drug-likeness (QED) is 0.321. The van der Waals surface area contributed by atoms with Gasteiger partial charge in [0, 0.05) is 46.4 Å². The molecule has 0 radical (unpaired) electrons. The number of nitrogens with zero attached hydrogens (tertiary/aromatic N) is 3. The second kappa shape index (κ2) is 12.2. The fourth-order valence-corrected chi connectivity index (χ4v) is 3.39. The molecule has 0 aromatic rings. The Bertz CT molecular complexity index is 466. The van der Waals surface area contributed by atoms with Crippen LogP contribution in [0.1, 0.15) is 32.6 Å². The van der Waals surface area contributed by atoms with Crippen LogP contribution in [0.3, 0.4) is 0 Å². The number of amides is 1. The molecule has 2 aliphatic heterocycles. The van der Waals surface area contributed by atoms with Gasteiger partial charge in [-0.3, -0.25) is 9.69 Å². The summed E-state index contributed by atoms with van der Waals surface area (Å²) in [4.78, 5) is 20.4. The minimum absolute atomic E-state index is 0.00304. The largest absolute Gasteiger partial charge is 0.379 e. The molecule has 1 amide bonds. The van der Waals surface area contributed by atoms with Gasteiger partial charge in [-0.1, -0.05) is 6.92 Å². The van der Waals surface area contributed by atoms with Crippen LogP contribution in [0.25, 0.3) is 0 Å². The molecular weight excluding hydrogens is 346 g/mol. The molecule has 0 spiro atoms. The lowest BCUT2D eigenvalue weighted by atomic mass is 10.2. The van der Waals surface area contributed by atoms with Crippen molar-refractivity contribution in [2.75, 3.05) is 66.6 Å². The lowest BCUT2D eigenvalue weighted by Crippen LogP contribution is -2.45. The van der Waals surface area contributed by atoms with Gasteiger partial charge in [-0.05, 0) is 38.8 Å². The monoisotopic (exact) mass is 383 g/mol. The number of carbonyl (C=O) groups excluding carboxylic acids is 1. The fourth-order valence-electron chi connectivity index (χ4n) is 3.39. The first-order valence-electron chi connectivity index (χ1n) is 10.3. The number of hydrogen-bond acceptors (Lipinski definition) is 5. The summed E-state index contributed by atoms with van der Waals surface area (Å²) in [7, 11) is 3.50. The Morgan fingerprint density at radius 2 is 2.19 bits per heavy atom. The third-order valence-corrected chi connectivity index (χ3v) is 5.14. The fraction of sp³-hybridized carbons (Fsp3) is 0.895. The molecule has 2 aliphatic rings. The highest BCUT2D eigenvalue weighted by Crippen LogP contribution is 2.15. The summed E-state index contributed by atoms with van der Waals surface area (Å²) in [5, 5.41) is 6.75. The highest BCUT2D eigenvalue weighted by Gasteiger charge is 2.22. The van der Waals surface area contributed by atoms with Crippen molar-refractivity contribution in [2.24, 2.45) is 4.99 Å². The molecule has 8 heteroatoms. The standard InChI is InChI=1S/C19H37N5O3/c1-4-24-10-5-7-16(24)13-21-19(22-14-18(25)23(2)3)20-9-6-11-27-17-8-12-26-15-17/h16-17H,4-15H2,1-3H3,(H2,20,21,22). The maximum Gasteiger partial charge on any atom is 0.243 e. The summed E-state index contributed by atoms with van der Waals surface area (Å²) < 4.78 is 11.1. The van der Waals surface area contributed by atoms with Gasteiger partial charge >= 0.3 is 0 Å². The van der Waals surface area contributed by atoms with Gasteiger partial charge < -0.3 is 25.0 Å². The first kappa shape index (κ1) is 21.9. The second-order valence-corrected chi connectivity index (χ2v) is 7.40. The van der Waals surface area contributed by atoms with E-state index in [4.69, 9.17) is 9.47 Å². The highest BCUT2D eigenvalue weighted by atomic mass is 16.5. The Labute approximate surface area is 163 Å². The van der Waals surface area contributed by atoms with Crippen LogP contribution in [0, 0.1) is 0 Å². The molecule has 8 nitrogen and oxygen atoms in total. The molecule has 2 heterocycles. The van der Waals surface area contributed by atoms with Crippen molar-refractivity contribution in [2.45, 2.75) is 44.8 Å². The second-order valence-electron chi connectivity index (χ2n) is 7.40. The normalized spacial score (nSPS) is 23.6. The number of guanidine groups is 1.